The smallest absolute Gasteiger partial charge is 0.266 e. The summed E-state index contributed by atoms with van der Waals surface area (Å²) in [6.45, 7) is 0. The second-order valence-electron chi connectivity index (χ2n) is 6.94. The summed E-state index contributed by atoms with van der Waals surface area (Å²) in [7, 11) is 3.10. The van der Waals surface area contributed by atoms with Crippen molar-refractivity contribution in [1.82, 2.24) is 9.55 Å². The number of fused-ring (bicyclic) bond motifs is 1. The highest BCUT2D eigenvalue weighted by atomic mass is 35.5. The Morgan fingerprint density at radius 3 is 2.52 bits per heavy atom. The number of carbonyl (C=O) groups is 1. The zero-order chi connectivity index (χ0) is 23.4. The summed E-state index contributed by atoms with van der Waals surface area (Å²) in [6.07, 6.45) is 0. The Labute approximate surface area is 199 Å². The number of hydrogen-bond acceptors (Lipinski definition) is 6. The Bertz CT molecular complexity index is 1370. The van der Waals surface area contributed by atoms with Crippen LogP contribution in [0.5, 0.6) is 11.5 Å². The molecule has 4 aromatic rings. The molecular weight excluding hydrogens is 462 g/mol. The molecule has 0 fully saturated rings. The minimum absolute atomic E-state index is 0.0462. The van der Waals surface area contributed by atoms with Crippen LogP contribution in [0.4, 0.5) is 5.69 Å². The molecule has 1 heterocycles. The van der Waals surface area contributed by atoms with Gasteiger partial charge >= 0.3 is 0 Å². The number of benzene rings is 3. The number of anilines is 1. The van der Waals surface area contributed by atoms with E-state index >= 15 is 0 Å². The lowest BCUT2D eigenvalue weighted by Crippen LogP contribution is -2.23. The number of carbonyl (C=O) groups excluding carboxylic acids is 1. The van der Waals surface area contributed by atoms with E-state index in [1.807, 2.05) is 6.07 Å². The fraction of sp³-hybridized carbons (Fsp3) is 0.125. The molecule has 1 amide bonds. The van der Waals surface area contributed by atoms with Crippen molar-refractivity contribution < 1.29 is 14.3 Å². The molecule has 4 rings (SSSR count). The number of nitrogens with zero attached hydrogens (tertiary/aromatic N) is 2. The van der Waals surface area contributed by atoms with E-state index in [0.717, 1.165) is 0 Å². The maximum absolute atomic E-state index is 13.3. The second-order valence-corrected chi connectivity index (χ2v) is 8.29. The predicted molar refractivity (Wildman–Crippen MR) is 131 cm³/mol. The van der Waals surface area contributed by atoms with E-state index in [2.05, 4.69) is 10.3 Å². The van der Waals surface area contributed by atoms with Crippen LogP contribution < -0.4 is 20.3 Å². The van der Waals surface area contributed by atoms with E-state index in [0.29, 0.717) is 44.0 Å². The summed E-state index contributed by atoms with van der Waals surface area (Å²) in [5, 5.41) is 4.10. The Kier molecular flexibility index (Phi) is 6.86. The van der Waals surface area contributed by atoms with Gasteiger partial charge in [0.1, 0.15) is 11.5 Å². The fourth-order valence-corrected chi connectivity index (χ4v) is 4.31. The number of halogens is 1. The Balaban J connectivity index is 1.63. The molecule has 33 heavy (non-hydrogen) atoms. The van der Waals surface area contributed by atoms with Crippen molar-refractivity contribution in [2.24, 2.45) is 0 Å². The average Bonchev–Trinajstić information content (AvgIpc) is 2.83. The standard InChI is InChI=1S/C24H20ClN3O4S/c1-31-17-10-8-16(9-11-17)28-23(30)18-5-3-4-6-20(18)27-24(28)33-14-22(29)26-15-7-12-21(32-2)19(25)13-15/h3-13H,14H2,1-2H3,(H,26,29). The largest absolute Gasteiger partial charge is 0.497 e. The summed E-state index contributed by atoms with van der Waals surface area (Å²) < 4.78 is 11.8. The Morgan fingerprint density at radius 1 is 1.06 bits per heavy atom. The minimum atomic E-state index is -0.259. The molecule has 1 N–H and O–H groups in total. The van der Waals surface area contributed by atoms with Gasteiger partial charge in [-0.3, -0.25) is 14.2 Å². The van der Waals surface area contributed by atoms with Crippen LogP contribution in [0.15, 0.2) is 76.7 Å². The van der Waals surface area contributed by atoms with E-state index in [1.165, 1.54) is 23.4 Å². The molecule has 0 aliphatic rings. The van der Waals surface area contributed by atoms with Gasteiger partial charge in [0.05, 0.1) is 41.6 Å². The SMILES string of the molecule is COc1ccc(-n2c(SCC(=O)Nc3ccc(OC)c(Cl)c3)nc3ccccc3c2=O)cc1. The van der Waals surface area contributed by atoms with Gasteiger partial charge in [0.2, 0.25) is 5.91 Å². The quantitative estimate of drug-likeness (QED) is 0.302. The zero-order valence-corrected chi connectivity index (χ0v) is 19.4. The van der Waals surface area contributed by atoms with Gasteiger partial charge in [0, 0.05) is 5.69 Å². The van der Waals surface area contributed by atoms with Crippen molar-refractivity contribution in [2.75, 3.05) is 25.3 Å². The number of aromatic nitrogens is 2. The highest BCUT2D eigenvalue weighted by Crippen LogP contribution is 2.28. The molecule has 0 saturated heterocycles. The van der Waals surface area contributed by atoms with Crippen molar-refractivity contribution in [2.45, 2.75) is 5.16 Å². The van der Waals surface area contributed by atoms with Crippen molar-refractivity contribution in [3.05, 3.63) is 82.1 Å². The summed E-state index contributed by atoms with van der Waals surface area (Å²) >= 11 is 7.30. The van der Waals surface area contributed by atoms with Gasteiger partial charge in [-0.1, -0.05) is 35.5 Å². The number of nitrogens with one attached hydrogen (secondary N) is 1. The lowest BCUT2D eigenvalue weighted by Gasteiger charge is -2.14. The molecule has 9 heteroatoms. The Hall–Kier alpha value is -3.49. The monoisotopic (exact) mass is 481 g/mol. The number of thioether (sulfide) groups is 1. The molecule has 0 radical (unpaired) electrons. The third kappa shape index (κ3) is 4.97. The van der Waals surface area contributed by atoms with Gasteiger partial charge in [0.15, 0.2) is 5.16 Å². The number of rotatable bonds is 7. The van der Waals surface area contributed by atoms with Crippen molar-refractivity contribution in [1.29, 1.82) is 0 Å². The number of para-hydroxylation sites is 1. The van der Waals surface area contributed by atoms with Gasteiger partial charge in [-0.2, -0.15) is 0 Å². The molecule has 3 aromatic carbocycles. The number of hydrogen-bond donors (Lipinski definition) is 1. The van der Waals surface area contributed by atoms with E-state index in [-0.39, 0.29) is 17.2 Å². The lowest BCUT2D eigenvalue weighted by molar-refractivity contribution is -0.113. The van der Waals surface area contributed by atoms with Gasteiger partial charge in [0.25, 0.3) is 5.56 Å². The molecule has 0 spiro atoms. The third-order valence-electron chi connectivity index (χ3n) is 4.84. The van der Waals surface area contributed by atoms with Crippen LogP contribution in [0.25, 0.3) is 16.6 Å². The molecule has 0 aliphatic heterocycles. The zero-order valence-electron chi connectivity index (χ0n) is 17.9. The molecule has 0 saturated carbocycles. The highest BCUT2D eigenvalue weighted by Gasteiger charge is 2.15. The summed E-state index contributed by atoms with van der Waals surface area (Å²) in [6, 6.07) is 19.2. The molecule has 7 nitrogen and oxygen atoms in total. The summed E-state index contributed by atoms with van der Waals surface area (Å²) in [5.74, 6) is 0.982. The van der Waals surface area contributed by atoms with Crippen LogP contribution in [-0.4, -0.2) is 35.4 Å². The van der Waals surface area contributed by atoms with Crippen LogP contribution in [0.1, 0.15) is 0 Å². The first-order valence-corrected chi connectivity index (χ1v) is 11.3. The highest BCUT2D eigenvalue weighted by molar-refractivity contribution is 7.99. The van der Waals surface area contributed by atoms with Crippen LogP contribution in [0.3, 0.4) is 0 Å². The fourth-order valence-electron chi connectivity index (χ4n) is 3.24. The first kappa shape index (κ1) is 22.7. The topological polar surface area (TPSA) is 82.4 Å². The predicted octanol–water partition coefficient (Wildman–Crippen LogP) is 4.79. The molecule has 168 valence electrons. The third-order valence-corrected chi connectivity index (χ3v) is 6.08. The van der Waals surface area contributed by atoms with E-state index < -0.39 is 0 Å². The average molecular weight is 482 g/mol. The lowest BCUT2D eigenvalue weighted by atomic mass is 10.2. The maximum Gasteiger partial charge on any atom is 0.266 e. The van der Waals surface area contributed by atoms with Gasteiger partial charge in [-0.15, -0.1) is 0 Å². The van der Waals surface area contributed by atoms with Gasteiger partial charge in [-0.05, 0) is 54.6 Å². The van der Waals surface area contributed by atoms with Crippen LogP contribution in [0.2, 0.25) is 5.02 Å². The van der Waals surface area contributed by atoms with E-state index in [4.69, 9.17) is 21.1 Å². The Morgan fingerprint density at radius 2 is 1.82 bits per heavy atom. The van der Waals surface area contributed by atoms with Crippen LogP contribution in [-0.2, 0) is 4.79 Å². The number of amides is 1. The molecule has 0 aliphatic carbocycles. The van der Waals surface area contributed by atoms with Crippen molar-refractivity contribution in [3.8, 4) is 17.2 Å². The summed E-state index contributed by atoms with van der Waals surface area (Å²) in [4.78, 5) is 30.5. The molecular formula is C24H20ClN3O4S. The van der Waals surface area contributed by atoms with Crippen LogP contribution in [0, 0.1) is 0 Å². The van der Waals surface area contributed by atoms with Gasteiger partial charge < -0.3 is 14.8 Å². The van der Waals surface area contributed by atoms with E-state index in [1.54, 1.807) is 67.8 Å². The molecule has 0 bridgehead atoms. The van der Waals surface area contributed by atoms with E-state index in [9.17, 15) is 9.59 Å². The first-order chi connectivity index (χ1) is 16.0. The van der Waals surface area contributed by atoms with Crippen molar-refractivity contribution >= 4 is 45.9 Å². The minimum Gasteiger partial charge on any atom is -0.497 e. The van der Waals surface area contributed by atoms with Crippen LogP contribution >= 0.6 is 23.4 Å². The molecule has 0 atom stereocenters. The molecule has 0 unspecified atom stereocenters. The second kappa shape index (κ2) is 9.97. The maximum atomic E-state index is 13.3. The first-order valence-electron chi connectivity index (χ1n) is 9.92. The molecule has 1 aromatic heterocycles. The number of methoxy groups -OCH3 is 2. The van der Waals surface area contributed by atoms with Crippen molar-refractivity contribution in [3.63, 3.8) is 0 Å². The number of ether oxygens (including phenoxy) is 2. The summed E-state index contributed by atoms with van der Waals surface area (Å²) in [5.41, 5.74) is 1.53. The normalized spacial score (nSPS) is 10.8. The van der Waals surface area contributed by atoms with Gasteiger partial charge in [-0.25, -0.2) is 4.98 Å².